The molecule has 1 heterocycles. The zero-order valence-electron chi connectivity index (χ0n) is 9.71. The van der Waals surface area contributed by atoms with Crippen LogP contribution < -0.4 is 5.32 Å². The van der Waals surface area contributed by atoms with Gasteiger partial charge in [0.25, 0.3) is 0 Å². The van der Waals surface area contributed by atoms with Crippen molar-refractivity contribution in [3.8, 4) is 0 Å². The summed E-state index contributed by atoms with van der Waals surface area (Å²) < 4.78 is 5.80. The van der Waals surface area contributed by atoms with E-state index in [4.69, 9.17) is 4.74 Å². The van der Waals surface area contributed by atoms with Crippen LogP contribution in [0.3, 0.4) is 0 Å². The van der Waals surface area contributed by atoms with Gasteiger partial charge in [-0.1, -0.05) is 18.2 Å². The second-order valence-corrected chi connectivity index (χ2v) is 4.74. The molecule has 1 atom stereocenters. The van der Waals surface area contributed by atoms with Gasteiger partial charge in [-0.05, 0) is 26.8 Å². The van der Waals surface area contributed by atoms with Gasteiger partial charge in [-0.2, -0.15) is 0 Å². The maximum atomic E-state index is 5.80. The lowest BCUT2D eigenvalue weighted by molar-refractivity contribution is 0.0419. The fraction of sp³-hybridized carbons (Fsp3) is 0.538. The molecule has 15 heavy (non-hydrogen) atoms. The topological polar surface area (TPSA) is 21.3 Å². The minimum absolute atomic E-state index is 0.119. The number of nitrogens with one attached hydrogen (secondary N) is 1. The van der Waals surface area contributed by atoms with E-state index in [-0.39, 0.29) is 11.6 Å². The van der Waals surface area contributed by atoms with E-state index >= 15 is 0 Å². The first-order chi connectivity index (χ1) is 7.12. The van der Waals surface area contributed by atoms with Crippen LogP contribution in [0.5, 0.6) is 0 Å². The third-order valence-corrected chi connectivity index (χ3v) is 2.84. The highest BCUT2D eigenvalue weighted by atomic mass is 16.5. The molecule has 1 aromatic rings. The standard InChI is InChI=1S/C13H19NO/c1-4-15-12-9-13(2,3)14-11-8-6-5-7-10(11)12/h5-8,12,14H,4,9H2,1-3H3/t12-/m0/s1. The Morgan fingerprint density at radius 1 is 1.40 bits per heavy atom. The Balaban J connectivity index is 2.34. The molecule has 2 nitrogen and oxygen atoms in total. The van der Waals surface area contributed by atoms with Gasteiger partial charge in [0.15, 0.2) is 0 Å². The number of ether oxygens (including phenoxy) is 1. The summed E-state index contributed by atoms with van der Waals surface area (Å²) in [6, 6.07) is 8.42. The van der Waals surface area contributed by atoms with Gasteiger partial charge in [-0.25, -0.2) is 0 Å². The Labute approximate surface area is 91.6 Å². The first kappa shape index (κ1) is 10.5. The van der Waals surface area contributed by atoms with Crippen LogP contribution in [-0.4, -0.2) is 12.1 Å². The van der Waals surface area contributed by atoms with Crippen molar-refractivity contribution in [1.82, 2.24) is 0 Å². The maximum Gasteiger partial charge on any atom is 0.0866 e. The lowest BCUT2D eigenvalue weighted by Gasteiger charge is -2.38. The summed E-state index contributed by atoms with van der Waals surface area (Å²) in [4.78, 5) is 0. The van der Waals surface area contributed by atoms with Crippen LogP contribution in [0.2, 0.25) is 0 Å². The molecule has 2 rings (SSSR count). The minimum atomic E-state index is 0.119. The molecule has 0 aliphatic carbocycles. The minimum Gasteiger partial charge on any atom is -0.380 e. The Kier molecular flexibility index (Phi) is 2.70. The van der Waals surface area contributed by atoms with Crippen LogP contribution in [0.4, 0.5) is 5.69 Å². The van der Waals surface area contributed by atoms with Gasteiger partial charge in [0, 0.05) is 29.8 Å². The quantitative estimate of drug-likeness (QED) is 0.799. The third-order valence-electron chi connectivity index (χ3n) is 2.84. The summed E-state index contributed by atoms with van der Waals surface area (Å²) in [6.45, 7) is 7.26. The van der Waals surface area contributed by atoms with Crippen LogP contribution in [0, 0.1) is 0 Å². The van der Waals surface area contributed by atoms with Gasteiger partial charge in [-0.15, -0.1) is 0 Å². The average Bonchev–Trinajstić information content (AvgIpc) is 2.16. The van der Waals surface area contributed by atoms with E-state index in [0.29, 0.717) is 0 Å². The Hall–Kier alpha value is -1.02. The predicted molar refractivity (Wildman–Crippen MR) is 63.1 cm³/mol. The van der Waals surface area contributed by atoms with E-state index in [1.807, 2.05) is 0 Å². The molecule has 0 aromatic heterocycles. The molecule has 1 N–H and O–H groups in total. The molecule has 0 saturated heterocycles. The lowest BCUT2D eigenvalue weighted by atomic mass is 9.87. The summed E-state index contributed by atoms with van der Waals surface area (Å²) in [5, 5.41) is 3.54. The van der Waals surface area contributed by atoms with Gasteiger partial charge in [-0.3, -0.25) is 0 Å². The van der Waals surface area contributed by atoms with Gasteiger partial charge < -0.3 is 10.1 Å². The maximum absolute atomic E-state index is 5.80. The molecular weight excluding hydrogens is 186 g/mol. The summed E-state index contributed by atoms with van der Waals surface area (Å²) >= 11 is 0. The third kappa shape index (κ3) is 2.15. The molecule has 0 fully saturated rings. The molecule has 0 radical (unpaired) electrons. The zero-order chi connectivity index (χ0) is 10.9. The predicted octanol–water partition coefficient (Wildman–Crippen LogP) is 3.36. The van der Waals surface area contributed by atoms with Crippen molar-refractivity contribution in [2.45, 2.75) is 38.8 Å². The van der Waals surface area contributed by atoms with E-state index in [9.17, 15) is 0 Å². The van der Waals surface area contributed by atoms with Crippen molar-refractivity contribution in [2.75, 3.05) is 11.9 Å². The Morgan fingerprint density at radius 2 is 2.13 bits per heavy atom. The van der Waals surface area contributed by atoms with E-state index < -0.39 is 0 Å². The monoisotopic (exact) mass is 205 g/mol. The van der Waals surface area contributed by atoms with Crippen LogP contribution in [0.15, 0.2) is 24.3 Å². The number of anilines is 1. The van der Waals surface area contributed by atoms with Gasteiger partial charge in [0.1, 0.15) is 0 Å². The number of benzene rings is 1. The molecule has 1 aliphatic heterocycles. The van der Waals surface area contributed by atoms with Gasteiger partial charge in [0.05, 0.1) is 6.10 Å². The number of rotatable bonds is 2. The van der Waals surface area contributed by atoms with Gasteiger partial charge >= 0.3 is 0 Å². The second kappa shape index (κ2) is 3.86. The molecule has 0 spiro atoms. The number of hydrogen-bond acceptors (Lipinski definition) is 2. The van der Waals surface area contributed by atoms with E-state index in [2.05, 4.69) is 50.4 Å². The fourth-order valence-corrected chi connectivity index (χ4v) is 2.23. The molecule has 2 heteroatoms. The molecule has 1 aliphatic rings. The summed E-state index contributed by atoms with van der Waals surface area (Å²) in [6.07, 6.45) is 1.26. The molecule has 0 amide bonds. The van der Waals surface area contributed by atoms with Crippen molar-refractivity contribution in [3.05, 3.63) is 29.8 Å². The Bertz CT molecular complexity index is 346. The first-order valence-electron chi connectivity index (χ1n) is 5.61. The van der Waals surface area contributed by atoms with Crippen molar-refractivity contribution in [3.63, 3.8) is 0 Å². The van der Waals surface area contributed by atoms with E-state index in [1.165, 1.54) is 11.3 Å². The first-order valence-corrected chi connectivity index (χ1v) is 5.61. The van der Waals surface area contributed by atoms with Crippen LogP contribution in [0.1, 0.15) is 38.9 Å². The molecule has 1 aromatic carbocycles. The molecule has 82 valence electrons. The molecule has 0 bridgehead atoms. The number of fused-ring (bicyclic) bond motifs is 1. The summed E-state index contributed by atoms with van der Waals surface area (Å²) in [5.41, 5.74) is 2.62. The molecule has 0 unspecified atom stereocenters. The zero-order valence-corrected chi connectivity index (χ0v) is 9.71. The van der Waals surface area contributed by atoms with E-state index in [1.54, 1.807) is 0 Å². The van der Waals surface area contributed by atoms with Crippen molar-refractivity contribution < 1.29 is 4.74 Å². The normalized spacial score (nSPS) is 23.0. The van der Waals surface area contributed by atoms with Crippen molar-refractivity contribution in [1.29, 1.82) is 0 Å². The van der Waals surface area contributed by atoms with Gasteiger partial charge in [0.2, 0.25) is 0 Å². The largest absolute Gasteiger partial charge is 0.380 e. The second-order valence-electron chi connectivity index (χ2n) is 4.74. The van der Waals surface area contributed by atoms with Crippen LogP contribution >= 0.6 is 0 Å². The summed E-state index contributed by atoms with van der Waals surface area (Å²) in [7, 11) is 0. The highest BCUT2D eigenvalue weighted by Gasteiger charge is 2.31. The average molecular weight is 205 g/mol. The van der Waals surface area contributed by atoms with E-state index in [0.717, 1.165) is 13.0 Å². The highest BCUT2D eigenvalue weighted by molar-refractivity contribution is 5.56. The van der Waals surface area contributed by atoms with Crippen LogP contribution in [0.25, 0.3) is 0 Å². The smallest absolute Gasteiger partial charge is 0.0866 e. The fourth-order valence-electron chi connectivity index (χ4n) is 2.23. The molecular formula is C13H19NO. The van der Waals surface area contributed by atoms with Crippen LogP contribution in [-0.2, 0) is 4.74 Å². The molecule has 0 saturated carbocycles. The lowest BCUT2D eigenvalue weighted by Crippen LogP contribution is -2.37. The van der Waals surface area contributed by atoms with Crippen molar-refractivity contribution in [2.24, 2.45) is 0 Å². The number of para-hydroxylation sites is 1. The van der Waals surface area contributed by atoms with Crippen molar-refractivity contribution >= 4 is 5.69 Å². The SMILES string of the molecule is CCO[C@H]1CC(C)(C)Nc2ccccc21. The summed E-state index contributed by atoms with van der Waals surface area (Å²) in [5.74, 6) is 0. The Morgan fingerprint density at radius 3 is 2.87 bits per heavy atom. The number of hydrogen-bond donors (Lipinski definition) is 1. The highest BCUT2D eigenvalue weighted by Crippen LogP contribution is 2.39.